The minimum absolute atomic E-state index is 0.103. The van der Waals surface area contributed by atoms with Crippen molar-refractivity contribution in [3.8, 4) is 0 Å². The van der Waals surface area contributed by atoms with Crippen molar-refractivity contribution < 1.29 is 4.74 Å². The Morgan fingerprint density at radius 1 is 1.61 bits per heavy atom. The second-order valence-electron chi connectivity index (χ2n) is 4.97. The van der Waals surface area contributed by atoms with Crippen LogP contribution in [0.15, 0.2) is 10.5 Å². The van der Waals surface area contributed by atoms with Gasteiger partial charge in [0.15, 0.2) is 0 Å². The van der Waals surface area contributed by atoms with Crippen molar-refractivity contribution in [2.24, 2.45) is 5.73 Å². The summed E-state index contributed by atoms with van der Waals surface area (Å²) in [5, 5.41) is 0. The maximum atomic E-state index is 5.88. The number of morpholine rings is 1. The topological polar surface area (TPSA) is 38.5 Å². The third-order valence-electron chi connectivity index (χ3n) is 3.45. The number of hydrogen-bond acceptors (Lipinski definition) is 4. The van der Waals surface area contributed by atoms with Crippen LogP contribution in [0.5, 0.6) is 0 Å². The number of ether oxygens (including phenoxy) is 1. The molecule has 1 aromatic rings. The Bertz CT molecular complexity index is 388. The summed E-state index contributed by atoms with van der Waals surface area (Å²) in [6, 6.07) is 3.02. The molecule has 1 fully saturated rings. The lowest BCUT2D eigenvalue weighted by Crippen LogP contribution is -2.50. The molecule has 0 amide bonds. The van der Waals surface area contributed by atoms with E-state index in [1.807, 2.05) is 11.3 Å². The fourth-order valence-electron chi connectivity index (χ4n) is 2.50. The van der Waals surface area contributed by atoms with E-state index in [0.29, 0.717) is 18.6 Å². The van der Waals surface area contributed by atoms with Gasteiger partial charge >= 0.3 is 0 Å². The average Bonchev–Trinajstić information content (AvgIpc) is 2.68. The van der Waals surface area contributed by atoms with Crippen LogP contribution in [0.3, 0.4) is 0 Å². The van der Waals surface area contributed by atoms with Crippen LogP contribution < -0.4 is 5.73 Å². The van der Waals surface area contributed by atoms with E-state index in [0.717, 1.165) is 13.2 Å². The first-order valence-corrected chi connectivity index (χ1v) is 7.98. The molecule has 102 valence electrons. The van der Waals surface area contributed by atoms with Gasteiger partial charge in [-0.25, -0.2) is 0 Å². The highest BCUT2D eigenvalue weighted by Crippen LogP contribution is 2.38. The highest BCUT2D eigenvalue weighted by atomic mass is 79.9. The molecular weight excluding hydrogens is 312 g/mol. The van der Waals surface area contributed by atoms with Gasteiger partial charge in [-0.05, 0) is 42.8 Å². The zero-order valence-corrected chi connectivity index (χ0v) is 13.6. The fourth-order valence-corrected chi connectivity index (χ4v) is 4.24. The van der Waals surface area contributed by atoms with E-state index in [9.17, 15) is 0 Å². The molecule has 0 aliphatic carbocycles. The van der Waals surface area contributed by atoms with Gasteiger partial charge in [0.05, 0.1) is 18.8 Å². The Morgan fingerprint density at radius 3 is 2.83 bits per heavy atom. The summed E-state index contributed by atoms with van der Waals surface area (Å²) in [7, 11) is 0. The molecule has 0 radical (unpaired) electrons. The van der Waals surface area contributed by atoms with Gasteiger partial charge in [-0.15, -0.1) is 11.3 Å². The third-order valence-corrected chi connectivity index (χ3v) is 5.66. The second-order valence-corrected chi connectivity index (χ2v) is 7.12. The lowest BCUT2D eigenvalue weighted by Gasteiger charge is -2.42. The summed E-state index contributed by atoms with van der Waals surface area (Å²) in [6.07, 6.45) is 0.103. The highest BCUT2D eigenvalue weighted by Gasteiger charge is 2.35. The third kappa shape index (κ3) is 2.80. The molecule has 3 nitrogen and oxygen atoms in total. The van der Waals surface area contributed by atoms with Gasteiger partial charge < -0.3 is 10.5 Å². The maximum Gasteiger partial charge on any atom is 0.0902 e. The van der Waals surface area contributed by atoms with E-state index in [-0.39, 0.29) is 6.10 Å². The first-order valence-electron chi connectivity index (χ1n) is 6.37. The average molecular weight is 333 g/mol. The van der Waals surface area contributed by atoms with Crippen LogP contribution in [0.2, 0.25) is 0 Å². The van der Waals surface area contributed by atoms with Crippen molar-refractivity contribution in [3.63, 3.8) is 0 Å². The lowest BCUT2D eigenvalue weighted by molar-refractivity contribution is -0.0777. The standard InChI is InChI=1S/C13H21BrN2OS/c1-8(2)16-4-5-17-11(7-15)13(16)12-6-10(14)9(3)18-12/h6,8,11,13H,4-5,7,15H2,1-3H3. The van der Waals surface area contributed by atoms with Crippen molar-refractivity contribution in [2.75, 3.05) is 19.7 Å². The highest BCUT2D eigenvalue weighted by molar-refractivity contribution is 9.10. The summed E-state index contributed by atoms with van der Waals surface area (Å²) in [6.45, 7) is 8.94. The molecule has 0 spiro atoms. The molecule has 2 N–H and O–H groups in total. The van der Waals surface area contributed by atoms with Gasteiger partial charge in [-0.2, -0.15) is 0 Å². The minimum Gasteiger partial charge on any atom is -0.374 e. The van der Waals surface area contributed by atoms with Crippen molar-refractivity contribution >= 4 is 27.3 Å². The summed E-state index contributed by atoms with van der Waals surface area (Å²) >= 11 is 5.44. The van der Waals surface area contributed by atoms with Crippen LogP contribution in [0.4, 0.5) is 0 Å². The Kier molecular flexibility index (Phi) is 4.83. The van der Waals surface area contributed by atoms with E-state index in [1.165, 1.54) is 14.2 Å². The van der Waals surface area contributed by atoms with Gasteiger partial charge in [-0.3, -0.25) is 4.90 Å². The molecule has 0 aromatic carbocycles. The molecule has 2 rings (SSSR count). The number of nitrogens with two attached hydrogens (primary N) is 1. The zero-order chi connectivity index (χ0) is 13.3. The number of nitrogens with zero attached hydrogens (tertiary/aromatic N) is 1. The Morgan fingerprint density at radius 2 is 2.33 bits per heavy atom. The van der Waals surface area contributed by atoms with E-state index < -0.39 is 0 Å². The molecule has 1 aliphatic rings. The molecule has 2 unspecified atom stereocenters. The summed E-state index contributed by atoms with van der Waals surface area (Å²) < 4.78 is 7.04. The van der Waals surface area contributed by atoms with Crippen LogP contribution >= 0.6 is 27.3 Å². The predicted octanol–water partition coefficient (Wildman–Crippen LogP) is 2.93. The molecular formula is C13H21BrN2OS. The van der Waals surface area contributed by atoms with Crippen molar-refractivity contribution in [2.45, 2.75) is 39.0 Å². The van der Waals surface area contributed by atoms with Gasteiger partial charge in [0.25, 0.3) is 0 Å². The molecule has 18 heavy (non-hydrogen) atoms. The summed E-state index contributed by atoms with van der Waals surface area (Å²) in [5.74, 6) is 0. The van der Waals surface area contributed by atoms with Crippen LogP contribution in [0, 0.1) is 6.92 Å². The molecule has 0 saturated carbocycles. The van der Waals surface area contributed by atoms with E-state index in [2.05, 4.69) is 47.7 Å². The summed E-state index contributed by atoms with van der Waals surface area (Å²) in [4.78, 5) is 5.16. The van der Waals surface area contributed by atoms with Gasteiger partial charge in [-0.1, -0.05) is 0 Å². The molecule has 5 heteroatoms. The largest absolute Gasteiger partial charge is 0.374 e. The monoisotopic (exact) mass is 332 g/mol. The number of aryl methyl sites for hydroxylation is 1. The number of halogens is 1. The Labute approximate surface area is 121 Å². The van der Waals surface area contributed by atoms with Crippen LogP contribution in [0.25, 0.3) is 0 Å². The van der Waals surface area contributed by atoms with Gasteiger partial charge in [0.1, 0.15) is 0 Å². The zero-order valence-electron chi connectivity index (χ0n) is 11.1. The minimum atomic E-state index is 0.103. The fraction of sp³-hybridized carbons (Fsp3) is 0.692. The Hall–Kier alpha value is 0.0600. The van der Waals surface area contributed by atoms with Gasteiger partial charge in [0, 0.05) is 33.4 Å². The summed E-state index contributed by atoms with van der Waals surface area (Å²) in [5.41, 5.74) is 5.88. The number of hydrogen-bond donors (Lipinski definition) is 1. The second kappa shape index (κ2) is 6.01. The quantitative estimate of drug-likeness (QED) is 0.924. The Balaban J connectivity index is 2.33. The molecule has 0 bridgehead atoms. The van der Waals surface area contributed by atoms with Crippen molar-refractivity contribution in [3.05, 3.63) is 20.3 Å². The van der Waals surface area contributed by atoms with Gasteiger partial charge in [0.2, 0.25) is 0 Å². The molecule has 1 aliphatic heterocycles. The number of thiophene rings is 1. The van der Waals surface area contributed by atoms with Crippen molar-refractivity contribution in [1.29, 1.82) is 0 Å². The smallest absolute Gasteiger partial charge is 0.0902 e. The lowest BCUT2D eigenvalue weighted by atomic mass is 10.0. The molecule has 1 aromatic heterocycles. The molecule has 2 atom stereocenters. The number of rotatable bonds is 3. The van der Waals surface area contributed by atoms with E-state index >= 15 is 0 Å². The normalized spacial score (nSPS) is 25.9. The van der Waals surface area contributed by atoms with E-state index in [1.54, 1.807) is 0 Å². The van der Waals surface area contributed by atoms with Crippen LogP contribution in [0.1, 0.15) is 29.6 Å². The predicted molar refractivity (Wildman–Crippen MR) is 80.1 cm³/mol. The van der Waals surface area contributed by atoms with Crippen LogP contribution in [-0.2, 0) is 4.74 Å². The molecule has 1 saturated heterocycles. The van der Waals surface area contributed by atoms with Crippen LogP contribution in [-0.4, -0.2) is 36.7 Å². The maximum absolute atomic E-state index is 5.88. The SMILES string of the molecule is Cc1sc(C2C(CN)OCCN2C(C)C)cc1Br. The van der Waals surface area contributed by atoms with E-state index in [4.69, 9.17) is 10.5 Å². The first kappa shape index (κ1) is 14.5. The first-order chi connectivity index (χ1) is 8.54. The molecule has 2 heterocycles. The van der Waals surface area contributed by atoms with Crippen molar-refractivity contribution in [1.82, 2.24) is 4.90 Å².